The van der Waals surface area contributed by atoms with Gasteiger partial charge in [0.15, 0.2) is 0 Å². The van der Waals surface area contributed by atoms with E-state index in [1.165, 1.54) is 0 Å². The summed E-state index contributed by atoms with van der Waals surface area (Å²) in [6.07, 6.45) is 14.5. The molecule has 2 saturated heterocycles. The number of hydrogen-bond donors (Lipinski definition) is 0. The molecule has 0 aromatic rings. The van der Waals surface area contributed by atoms with Crippen LogP contribution in [-0.2, 0) is 0 Å². The summed E-state index contributed by atoms with van der Waals surface area (Å²) in [5.74, 6) is 0. The Morgan fingerprint density at radius 1 is 0.545 bits per heavy atom. The molecule has 0 aromatic heterocycles. The Hall–Kier alpha value is 0.720. The molecule has 0 aromatic carbocycles. The molecule has 2 aliphatic rings. The Morgan fingerprint density at radius 2 is 0.909 bits per heavy atom. The summed E-state index contributed by atoms with van der Waals surface area (Å²) in [6, 6.07) is 0. The van der Waals surface area contributed by atoms with Gasteiger partial charge < -0.3 is 0 Å². The Labute approximate surface area is 76.9 Å². The number of halogens is 1. The first kappa shape index (κ1) is 9.81. The van der Waals surface area contributed by atoms with Gasteiger partial charge >= 0.3 is 0 Å². The van der Waals surface area contributed by atoms with Crippen molar-refractivity contribution in [2.75, 3.05) is 24.6 Å². The third-order valence-corrected chi connectivity index (χ3v) is 8.34. The Kier molecular flexibility index (Phi) is 3.65. The van der Waals surface area contributed by atoms with Gasteiger partial charge in [-0.05, 0) is 32.1 Å². The van der Waals surface area contributed by atoms with Crippen LogP contribution in [-0.4, -0.2) is 24.6 Å². The molecule has 0 atom stereocenters. The first-order valence-corrected chi connectivity index (χ1v) is 7.29. The molecule has 11 heavy (non-hydrogen) atoms. The highest BCUT2D eigenvalue weighted by atomic mass is 35.5. The van der Waals surface area contributed by atoms with E-state index in [1.54, 1.807) is 56.8 Å². The molecule has 0 amide bonds. The Bertz CT molecular complexity index is 111. The van der Waals surface area contributed by atoms with Crippen LogP contribution in [0.5, 0.6) is 0 Å². The van der Waals surface area contributed by atoms with Crippen LogP contribution in [0.15, 0.2) is 0 Å². The van der Waals surface area contributed by atoms with Gasteiger partial charge in [-0.3, -0.25) is 0 Å². The van der Waals surface area contributed by atoms with Gasteiger partial charge in [-0.2, -0.15) is 0 Å². The van der Waals surface area contributed by atoms with Gasteiger partial charge in [0, 0.05) is 7.26 Å². The number of rotatable bonds is 0. The molecule has 66 valence electrons. The molecule has 2 heterocycles. The predicted octanol–water partition coefficient (Wildman–Crippen LogP) is 3.40. The van der Waals surface area contributed by atoms with Crippen LogP contribution < -0.4 is 0 Å². The van der Waals surface area contributed by atoms with Crippen LogP contribution in [0.1, 0.15) is 32.1 Å². The van der Waals surface area contributed by atoms with E-state index in [1.807, 2.05) is 0 Å². The first-order chi connectivity index (χ1) is 4.91. The summed E-state index contributed by atoms with van der Waals surface area (Å²) in [5, 5.41) is 0. The molecule has 2 rings (SSSR count). The molecule has 2 heteroatoms. The zero-order chi connectivity index (χ0) is 6.86. The van der Waals surface area contributed by atoms with Gasteiger partial charge in [0.1, 0.15) is 0 Å². The molecular formula is C9H19ClP+. The molecule has 0 aliphatic carbocycles. The van der Waals surface area contributed by atoms with E-state index < -0.39 is 0 Å². The van der Waals surface area contributed by atoms with Gasteiger partial charge in [-0.1, -0.05) is 0 Å². The van der Waals surface area contributed by atoms with Crippen molar-refractivity contribution < 1.29 is 0 Å². The van der Waals surface area contributed by atoms with E-state index in [0.29, 0.717) is 0 Å². The summed E-state index contributed by atoms with van der Waals surface area (Å²) >= 11 is 0. The van der Waals surface area contributed by atoms with E-state index in [-0.39, 0.29) is 19.7 Å². The van der Waals surface area contributed by atoms with E-state index in [4.69, 9.17) is 0 Å². The van der Waals surface area contributed by atoms with Crippen molar-refractivity contribution in [2.45, 2.75) is 32.1 Å². The van der Waals surface area contributed by atoms with E-state index in [2.05, 4.69) is 0 Å². The highest BCUT2D eigenvalue weighted by Gasteiger charge is 2.41. The summed E-state index contributed by atoms with van der Waals surface area (Å²) in [5.41, 5.74) is 0. The molecule has 2 fully saturated rings. The summed E-state index contributed by atoms with van der Waals surface area (Å²) in [7, 11) is -0.241. The second-order valence-corrected chi connectivity index (χ2v) is 8.48. The highest BCUT2D eigenvalue weighted by Crippen LogP contribution is 2.66. The molecule has 0 bridgehead atoms. The monoisotopic (exact) mass is 193 g/mol. The van der Waals surface area contributed by atoms with Crippen molar-refractivity contribution >= 4 is 19.7 Å². The smallest absolute Gasteiger partial charge is 0.0595 e. The molecule has 0 saturated carbocycles. The lowest BCUT2D eigenvalue weighted by Crippen LogP contribution is -2.10. The quantitative estimate of drug-likeness (QED) is 0.518. The van der Waals surface area contributed by atoms with E-state index >= 15 is 0 Å². The highest BCUT2D eigenvalue weighted by molar-refractivity contribution is 7.76. The Balaban J connectivity index is 0.000000605. The molecule has 1 spiro atoms. The standard InChI is InChI=1S/C9H18P.ClH/c1-2-6-10(7-3-1)8-4-5-9-10;/h1-9H2;1H/q+1;. The third kappa shape index (κ3) is 2.10. The lowest BCUT2D eigenvalue weighted by atomic mass is 10.3. The van der Waals surface area contributed by atoms with Crippen LogP contribution in [0.3, 0.4) is 0 Å². The molecule has 2 aliphatic heterocycles. The zero-order valence-corrected chi connectivity index (χ0v) is 8.93. The van der Waals surface area contributed by atoms with Gasteiger partial charge in [0.2, 0.25) is 0 Å². The van der Waals surface area contributed by atoms with Gasteiger partial charge in [-0.25, -0.2) is 0 Å². The topological polar surface area (TPSA) is 0 Å². The van der Waals surface area contributed by atoms with Crippen molar-refractivity contribution in [1.29, 1.82) is 0 Å². The maximum atomic E-state index is 1.67. The fourth-order valence-corrected chi connectivity index (χ4v) is 7.56. The fourth-order valence-electron chi connectivity index (χ4n) is 2.64. The minimum Gasteiger partial charge on any atom is -0.147 e. The average molecular weight is 194 g/mol. The Morgan fingerprint density at radius 3 is 1.36 bits per heavy atom. The second kappa shape index (κ2) is 4.10. The maximum Gasteiger partial charge on any atom is 0.0595 e. The normalized spacial score (nSPS) is 28.4. The van der Waals surface area contributed by atoms with Gasteiger partial charge in [0.05, 0.1) is 24.6 Å². The van der Waals surface area contributed by atoms with Crippen LogP contribution in [0.25, 0.3) is 0 Å². The van der Waals surface area contributed by atoms with Crippen molar-refractivity contribution in [2.24, 2.45) is 0 Å². The van der Waals surface area contributed by atoms with Gasteiger partial charge in [-0.15, -0.1) is 12.4 Å². The van der Waals surface area contributed by atoms with Crippen molar-refractivity contribution in [3.63, 3.8) is 0 Å². The minimum atomic E-state index is -0.241. The molecule has 0 nitrogen and oxygen atoms in total. The maximum absolute atomic E-state index is 1.67. The molecule has 0 N–H and O–H groups in total. The minimum absolute atomic E-state index is 0. The van der Waals surface area contributed by atoms with Crippen LogP contribution in [0.2, 0.25) is 0 Å². The third-order valence-electron chi connectivity index (χ3n) is 3.28. The molecular weight excluding hydrogens is 175 g/mol. The van der Waals surface area contributed by atoms with Crippen LogP contribution >= 0.6 is 19.7 Å². The van der Waals surface area contributed by atoms with Crippen molar-refractivity contribution in [3.8, 4) is 0 Å². The van der Waals surface area contributed by atoms with Crippen LogP contribution in [0.4, 0.5) is 0 Å². The first-order valence-electron chi connectivity index (χ1n) is 4.76. The zero-order valence-electron chi connectivity index (χ0n) is 7.22. The predicted molar refractivity (Wildman–Crippen MR) is 56.7 cm³/mol. The van der Waals surface area contributed by atoms with E-state index in [9.17, 15) is 0 Å². The van der Waals surface area contributed by atoms with Crippen molar-refractivity contribution in [1.82, 2.24) is 0 Å². The lowest BCUT2D eigenvalue weighted by molar-refractivity contribution is 0.745. The van der Waals surface area contributed by atoms with Gasteiger partial charge in [0.25, 0.3) is 0 Å². The lowest BCUT2D eigenvalue weighted by Gasteiger charge is -2.26. The summed E-state index contributed by atoms with van der Waals surface area (Å²) in [4.78, 5) is 0. The van der Waals surface area contributed by atoms with Crippen molar-refractivity contribution in [3.05, 3.63) is 0 Å². The summed E-state index contributed by atoms with van der Waals surface area (Å²) in [6.45, 7) is 0. The van der Waals surface area contributed by atoms with E-state index in [0.717, 1.165) is 0 Å². The molecule has 0 unspecified atom stereocenters. The second-order valence-electron chi connectivity index (χ2n) is 4.00. The number of hydrogen-bond acceptors (Lipinski definition) is 0. The summed E-state index contributed by atoms with van der Waals surface area (Å²) < 4.78 is 0. The largest absolute Gasteiger partial charge is 0.147 e. The fraction of sp³-hybridized carbons (Fsp3) is 1.00. The van der Waals surface area contributed by atoms with Crippen LogP contribution in [0, 0.1) is 0 Å². The average Bonchev–Trinajstić information content (AvgIpc) is 2.39. The SMILES string of the molecule is C1CC[P+]2(CC1)CCCC2.Cl. The molecule has 0 radical (unpaired) electrons.